The van der Waals surface area contributed by atoms with E-state index >= 15 is 0 Å². The lowest BCUT2D eigenvalue weighted by molar-refractivity contribution is -0.385. The van der Waals surface area contributed by atoms with E-state index in [4.69, 9.17) is 4.74 Å². The average molecular weight is 423 g/mol. The highest BCUT2D eigenvalue weighted by Gasteiger charge is 2.33. The second-order valence-corrected chi connectivity index (χ2v) is 6.70. The number of piperidine rings is 1. The minimum atomic E-state index is -0.547. The molecule has 1 aromatic rings. The van der Waals surface area contributed by atoms with E-state index in [1.54, 1.807) is 13.2 Å². The number of nitrogens with zero attached hydrogens (tertiary/aromatic N) is 1. The summed E-state index contributed by atoms with van der Waals surface area (Å²) in [6.07, 6.45) is 1.78. The third-order valence-corrected chi connectivity index (χ3v) is 4.63. The molecule has 1 fully saturated rings. The van der Waals surface area contributed by atoms with Crippen molar-refractivity contribution in [2.24, 2.45) is 5.41 Å². The van der Waals surface area contributed by atoms with Gasteiger partial charge in [-0.05, 0) is 38.1 Å². The molecule has 1 aliphatic heterocycles. The fraction of sp³-hybridized carbons (Fsp3) is 0.533. The summed E-state index contributed by atoms with van der Waals surface area (Å²) < 4.78 is 5.87. The Labute approximate surface area is 155 Å². The van der Waals surface area contributed by atoms with Crippen molar-refractivity contribution in [1.29, 1.82) is 0 Å². The molecule has 24 heavy (non-hydrogen) atoms. The second kappa shape index (κ2) is 9.31. The van der Waals surface area contributed by atoms with Crippen LogP contribution in [-0.2, 0) is 4.74 Å². The predicted octanol–water partition coefficient (Wildman–Crippen LogP) is 2.53. The number of benzene rings is 1. The number of hydrogen-bond acceptors (Lipinski definition) is 5. The van der Waals surface area contributed by atoms with Gasteiger partial charge in [0, 0.05) is 29.6 Å². The summed E-state index contributed by atoms with van der Waals surface area (Å²) in [7, 11) is 1.64. The maximum atomic E-state index is 12.4. The van der Waals surface area contributed by atoms with Gasteiger partial charge in [-0.3, -0.25) is 14.9 Å². The van der Waals surface area contributed by atoms with Gasteiger partial charge in [0.1, 0.15) is 5.56 Å². The highest BCUT2D eigenvalue weighted by atomic mass is 79.9. The van der Waals surface area contributed by atoms with E-state index in [-0.39, 0.29) is 29.1 Å². The average Bonchev–Trinajstić information content (AvgIpc) is 2.54. The standard InChI is InChI=1S/C15H20BrN3O4.ClH/c1-23-10-15(4-6-17-7-5-15)9-18-14(20)12-3-2-11(16)8-13(12)19(21)22;/h2-3,8,17H,4-7,9-10H2,1H3,(H,18,20);1H. The van der Waals surface area contributed by atoms with Crippen molar-refractivity contribution in [3.05, 3.63) is 38.3 Å². The molecule has 0 aliphatic carbocycles. The molecule has 1 saturated heterocycles. The molecule has 0 radical (unpaired) electrons. The molecule has 0 unspecified atom stereocenters. The van der Waals surface area contributed by atoms with E-state index in [9.17, 15) is 14.9 Å². The molecule has 134 valence electrons. The zero-order valence-electron chi connectivity index (χ0n) is 13.3. The minimum absolute atomic E-state index is 0. The Morgan fingerprint density at radius 2 is 2.12 bits per heavy atom. The maximum absolute atomic E-state index is 12.4. The van der Waals surface area contributed by atoms with Crippen molar-refractivity contribution < 1.29 is 14.5 Å². The lowest BCUT2D eigenvalue weighted by Gasteiger charge is -2.37. The minimum Gasteiger partial charge on any atom is -0.384 e. The molecule has 1 heterocycles. The molecule has 0 saturated carbocycles. The van der Waals surface area contributed by atoms with Crippen LogP contribution in [0.5, 0.6) is 0 Å². The molecule has 0 bridgehead atoms. The summed E-state index contributed by atoms with van der Waals surface area (Å²) in [4.78, 5) is 23.0. The normalized spacial score (nSPS) is 16.1. The first-order valence-electron chi connectivity index (χ1n) is 7.39. The first-order chi connectivity index (χ1) is 11.0. The molecule has 2 N–H and O–H groups in total. The number of carbonyl (C=O) groups is 1. The van der Waals surface area contributed by atoms with Crippen molar-refractivity contribution >= 4 is 39.9 Å². The van der Waals surface area contributed by atoms with Crippen molar-refractivity contribution in [3.8, 4) is 0 Å². The first kappa shape index (κ1) is 20.8. The van der Waals surface area contributed by atoms with Gasteiger partial charge in [0.15, 0.2) is 0 Å². The number of ether oxygens (including phenoxy) is 1. The molecule has 0 atom stereocenters. The Morgan fingerprint density at radius 3 is 2.71 bits per heavy atom. The zero-order valence-corrected chi connectivity index (χ0v) is 15.7. The van der Waals surface area contributed by atoms with Crippen LogP contribution in [0.1, 0.15) is 23.2 Å². The number of amides is 1. The van der Waals surface area contributed by atoms with Gasteiger partial charge in [-0.25, -0.2) is 0 Å². The van der Waals surface area contributed by atoms with Crippen LogP contribution in [0, 0.1) is 15.5 Å². The van der Waals surface area contributed by atoms with Crippen molar-refractivity contribution in [1.82, 2.24) is 10.6 Å². The lowest BCUT2D eigenvalue weighted by Crippen LogP contribution is -2.47. The summed E-state index contributed by atoms with van der Waals surface area (Å²) in [6, 6.07) is 4.42. The lowest BCUT2D eigenvalue weighted by atomic mass is 9.79. The number of rotatable bonds is 6. The van der Waals surface area contributed by atoms with Crippen LogP contribution < -0.4 is 10.6 Å². The Morgan fingerprint density at radius 1 is 1.46 bits per heavy atom. The van der Waals surface area contributed by atoms with Gasteiger partial charge < -0.3 is 15.4 Å². The third kappa shape index (κ3) is 5.14. The van der Waals surface area contributed by atoms with Crippen LogP contribution in [0.25, 0.3) is 0 Å². The highest BCUT2D eigenvalue weighted by molar-refractivity contribution is 9.10. The molecule has 0 spiro atoms. The molecular weight excluding hydrogens is 402 g/mol. The Hall–Kier alpha value is -1.22. The Balaban J connectivity index is 0.00000288. The number of nitro benzene ring substituents is 1. The zero-order chi connectivity index (χ0) is 16.9. The van der Waals surface area contributed by atoms with Gasteiger partial charge in [-0.15, -0.1) is 12.4 Å². The topological polar surface area (TPSA) is 93.5 Å². The van der Waals surface area contributed by atoms with Crippen molar-refractivity contribution in [2.45, 2.75) is 12.8 Å². The van der Waals surface area contributed by atoms with Gasteiger partial charge in [-0.1, -0.05) is 15.9 Å². The van der Waals surface area contributed by atoms with Crippen LogP contribution in [0.4, 0.5) is 5.69 Å². The monoisotopic (exact) mass is 421 g/mol. The van der Waals surface area contributed by atoms with Crippen LogP contribution in [0.2, 0.25) is 0 Å². The molecule has 0 aromatic heterocycles. The van der Waals surface area contributed by atoms with E-state index in [1.807, 2.05) is 0 Å². The molecule has 2 rings (SSSR count). The Kier molecular flexibility index (Phi) is 8.08. The first-order valence-corrected chi connectivity index (χ1v) is 8.18. The van der Waals surface area contributed by atoms with E-state index in [2.05, 4.69) is 26.6 Å². The summed E-state index contributed by atoms with van der Waals surface area (Å²) in [5, 5.41) is 17.3. The van der Waals surface area contributed by atoms with E-state index < -0.39 is 10.8 Å². The summed E-state index contributed by atoms with van der Waals surface area (Å²) in [6.45, 7) is 2.74. The van der Waals surface area contributed by atoms with E-state index in [0.717, 1.165) is 25.9 Å². The summed E-state index contributed by atoms with van der Waals surface area (Å²) in [5.41, 5.74) is -0.262. The molecule has 7 nitrogen and oxygen atoms in total. The largest absolute Gasteiger partial charge is 0.384 e. The van der Waals surface area contributed by atoms with Crippen LogP contribution >= 0.6 is 28.3 Å². The Bertz CT molecular complexity index is 589. The fourth-order valence-corrected chi connectivity index (χ4v) is 3.20. The van der Waals surface area contributed by atoms with E-state index in [1.165, 1.54) is 12.1 Å². The molecule has 9 heteroatoms. The fourth-order valence-electron chi connectivity index (χ4n) is 2.85. The van der Waals surface area contributed by atoms with E-state index in [0.29, 0.717) is 17.6 Å². The number of carbonyl (C=O) groups excluding carboxylic acids is 1. The van der Waals surface area contributed by atoms with Crippen molar-refractivity contribution in [2.75, 3.05) is 33.4 Å². The highest BCUT2D eigenvalue weighted by Crippen LogP contribution is 2.29. The molecule has 1 amide bonds. The number of nitro groups is 1. The van der Waals surface area contributed by atoms with Gasteiger partial charge in [0.25, 0.3) is 11.6 Å². The van der Waals surface area contributed by atoms with Crippen LogP contribution in [0.3, 0.4) is 0 Å². The molecule has 1 aromatic carbocycles. The number of methoxy groups -OCH3 is 1. The smallest absolute Gasteiger partial charge is 0.283 e. The second-order valence-electron chi connectivity index (χ2n) is 5.78. The molecular formula is C15H21BrClN3O4. The van der Waals surface area contributed by atoms with Gasteiger partial charge in [-0.2, -0.15) is 0 Å². The SMILES string of the molecule is COCC1(CNC(=O)c2ccc(Br)cc2[N+](=O)[O-])CCNCC1.Cl. The maximum Gasteiger partial charge on any atom is 0.283 e. The third-order valence-electron chi connectivity index (χ3n) is 4.14. The molecule has 1 aliphatic rings. The van der Waals surface area contributed by atoms with Crippen LogP contribution in [0.15, 0.2) is 22.7 Å². The number of hydrogen-bond donors (Lipinski definition) is 2. The van der Waals surface area contributed by atoms with Crippen molar-refractivity contribution in [3.63, 3.8) is 0 Å². The predicted molar refractivity (Wildman–Crippen MR) is 96.8 cm³/mol. The number of halogens is 2. The number of nitrogens with one attached hydrogen (secondary N) is 2. The van der Waals surface area contributed by atoms with Gasteiger partial charge in [0.05, 0.1) is 11.5 Å². The van der Waals surface area contributed by atoms with Gasteiger partial charge >= 0.3 is 0 Å². The van der Waals surface area contributed by atoms with Gasteiger partial charge in [0.2, 0.25) is 0 Å². The summed E-state index contributed by atoms with van der Waals surface area (Å²) >= 11 is 3.18. The van der Waals surface area contributed by atoms with Crippen LogP contribution in [-0.4, -0.2) is 44.2 Å². The summed E-state index contributed by atoms with van der Waals surface area (Å²) in [5.74, 6) is -0.432. The quantitative estimate of drug-likeness (QED) is 0.543.